The van der Waals surface area contributed by atoms with Crippen LogP contribution in [0.2, 0.25) is 0 Å². The molecule has 0 aliphatic carbocycles. The SMILES string of the molecule is [C-]#[N+]c1c(-c2ccc(CC(=O)Cc3cc(CC(C)(C)C)no3)cc2)nn(C(C)C)c1N. The van der Waals surface area contributed by atoms with Gasteiger partial charge in [0.2, 0.25) is 0 Å². The van der Waals surface area contributed by atoms with Crippen LogP contribution in [0.1, 0.15) is 57.7 Å². The van der Waals surface area contributed by atoms with Crippen LogP contribution in [-0.2, 0) is 24.1 Å². The van der Waals surface area contributed by atoms with Gasteiger partial charge in [0.15, 0.2) is 0 Å². The van der Waals surface area contributed by atoms with Gasteiger partial charge in [-0.15, -0.1) is 0 Å². The molecule has 0 saturated carbocycles. The van der Waals surface area contributed by atoms with Crippen molar-refractivity contribution in [1.29, 1.82) is 0 Å². The van der Waals surface area contributed by atoms with Gasteiger partial charge in [-0.3, -0.25) is 9.48 Å². The maximum Gasteiger partial charge on any atom is 0.254 e. The molecule has 1 aromatic carbocycles. The Hall–Kier alpha value is -3.40. The van der Waals surface area contributed by atoms with E-state index in [4.69, 9.17) is 16.8 Å². The molecule has 2 aromatic heterocycles. The van der Waals surface area contributed by atoms with Gasteiger partial charge in [-0.1, -0.05) is 50.2 Å². The van der Waals surface area contributed by atoms with E-state index in [2.05, 4.69) is 35.9 Å². The van der Waals surface area contributed by atoms with Crippen molar-refractivity contribution in [1.82, 2.24) is 14.9 Å². The Labute approximate surface area is 183 Å². The predicted molar refractivity (Wildman–Crippen MR) is 121 cm³/mol. The van der Waals surface area contributed by atoms with Crippen molar-refractivity contribution < 1.29 is 9.32 Å². The second kappa shape index (κ2) is 8.76. The molecule has 0 unspecified atom stereocenters. The highest BCUT2D eigenvalue weighted by molar-refractivity contribution is 5.84. The summed E-state index contributed by atoms with van der Waals surface area (Å²) >= 11 is 0. The van der Waals surface area contributed by atoms with Gasteiger partial charge in [-0.25, -0.2) is 4.85 Å². The number of hydrogen-bond donors (Lipinski definition) is 1. The first-order valence-electron chi connectivity index (χ1n) is 10.4. The summed E-state index contributed by atoms with van der Waals surface area (Å²) in [4.78, 5) is 16.1. The monoisotopic (exact) mass is 419 g/mol. The van der Waals surface area contributed by atoms with Crippen molar-refractivity contribution in [2.24, 2.45) is 5.41 Å². The Morgan fingerprint density at radius 2 is 1.90 bits per heavy atom. The van der Waals surface area contributed by atoms with Gasteiger partial charge in [0, 0.05) is 18.5 Å². The van der Waals surface area contributed by atoms with Crippen molar-refractivity contribution in [3.05, 3.63) is 58.8 Å². The molecule has 7 heteroatoms. The summed E-state index contributed by atoms with van der Waals surface area (Å²) in [5.74, 6) is 1.02. The maximum atomic E-state index is 12.5. The van der Waals surface area contributed by atoms with E-state index in [-0.39, 0.29) is 23.7 Å². The lowest BCUT2D eigenvalue weighted by molar-refractivity contribution is -0.118. The van der Waals surface area contributed by atoms with Crippen LogP contribution >= 0.6 is 0 Å². The molecule has 0 aliphatic rings. The van der Waals surface area contributed by atoms with Crippen LogP contribution in [0.4, 0.5) is 11.5 Å². The number of benzene rings is 1. The van der Waals surface area contributed by atoms with Crippen LogP contribution in [-0.4, -0.2) is 20.7 Å². The van der Waals surface area contributed by atoms with Crippen LogP contribution in [0.3, 0.4) is 0 Å². The van der Waals surface area contributed by atoms with E-state index in [9.17, 15) is 4.79 Å². The second-order valence-electron chi connectivity index (χ2n) is 9.34. The summed E-state index contributed by atoms with van der Waals surface area (Å²) in [6, 6.07) is 9.45. The summed E-state index contributed by atoms with van der Waals surface area (Å²) in [7, 11) is 0. The molecule has 2 N–H and O–H groups in total. The number of ketones is 1. The third kappa shape index (κ3) is 5.40. The van der Waals surface area contributed by atoms with Crippen molar-refractivity contribution in [2.45, 2.75) is 59.9 Å². The molecular formula is C24H29N5O2. The lowest BCUT2D eigenvalue weighted by atomic mass is 9.90. The van der Waals surface area contributed by atoms with Crippen LogP contribution in [0.5, 0.6) is 0 Å². The van der Waals surface area contributed by atoms with E-state index in [1.54, 1.807) is 4.68 Å². The largest absolute Gasteiger partial charge is 0.393 e. The molecule has 0 fully saturated rings. The molecule has 0 aliphatic heterocycles. The van der Waals surface area contributed by atoms with Crippen molar-refractivity contribution in [2.75, 3.05) is 5.73 Å². The van der Waals surface area contributed by atoms with Crippen LogP contribution in [0, 0.1) is 12.0 Å². The normalized spacial score (nSPS) is 11.6. The number of nitrogens with zero attached hydrogens (tertiary/aromatic N) is 4. The second-order valence-corrected chi connectivity index (χ2v) is 9.34. The molecule has 2 heterocycles. The fourth-order valence-corrected chi connectivity index (χ4v) is 3.47. The van der Waals surface area contributed by atoms with Gasteiger partial charge in [0.25, 0.3) is 5.69 Å². The topological polar surface area (TPSA) is 91.3 Å². The number of anilines is 1. The zero-order valence-corrected chi connectivity index (χ0v) is 18.8. The van der Waals surface area contributed by atoms with E-state index >= 15 is 0 Å². The molecule has 0 amide bonds. The van der Waals surface area contributed by atoms with Crippen molar-refractivity contribution in [3.63, 3.8) is 0 Å². The molecule has 0 bridgehead atoms. The molecule has 0 atom stereocenters. The molecule has 0 saturated heterocycles. The van der Waals surface area contributed by atoms with Gasteiger partial charge >= 0.3 is 0 Å². The van der Waals surface area contributed by atoms with E-state index in [0.29, 0.717) is 29.4 Å². The van der Waals surface area contributed by atoms with Crippen molar-refractivity contribution >= 4 is 17.3 Å². The molecule has 7 nitrogen and oxygen atoms in total. The van der Waals surface area contributed by atoms with E-state index in [0.717, 1.165) is 23.2 Å². The molecule has 3 rings (SSSR count). The number of rotatable bonds is 7. The average molecular weight is 420 g/mol. The molecule has 162 valence electrons. The van der Waals surface area contributed by atoms with Gasteiger partial charge < -0.3 is 10.3 Å². The number of carbonyl (C=O) groups is 1. The number of aromatic nitrogens is 3. The van der Waals surface area contributed by atoms with E-state index < -0.39 is 0 Å². The van der Waals surface area contributed by atoms with Crippen molar-refractivity contribution in [3.8, 4) is 11.3 Å². The van der Waals surface area contributed by atoms with Gasteiger partial charge in [-0.05, 0) is 36.8 Å². The highest BCUT2D eigenvalue weighted by Gasteiger charge is 2.19. The summed E-state index contributed by atoms with van der Waals surface area (Å²) in [6.45, 7) is 17.8. The first kappa shape index (κ1) is 22.3. The quantitative estimate of drug-likeness (QED) is 0.532. The zero-order valence-electron chi connectivity index (χ0n) is 18.8. The Morgan fingerprint density at radius 3 is 2.48 bits per heavy atom. The third-order valence-electron chi connectivity index (χ3n) is 4.84. The first-order chi connectivity index (χ1) is 14.6. The number of hydrogen-bond acceptors (Lipinski definition) is 5. The van der Waals surface area contributed by atoms with E-state index in [1.807, 2.05) is 44.2 Å². The number of carbonyl (C=O) groups excluding carboxylic acids is 1. The Bertz CT molecular complexity index is 1110. The number of nitrogens with two attached hydrogens (primary N) is 1. The molecule has 0 spiro atoms. The van der Waals surface area contributed by atoms with Gasteiger partial charge in [0.05, 0.1) is 18.7 Å². The fraction of sp³-hybridized carbons (Fsp3) is 0.417. The van der Waals surface area contributed by atoms with Gasteiger partial charge in [-0.2, -0.15) is 5.10 Å². The lowest BCUT2D eigenvalue weighted by Gasteiger charge is -2.14. The van der Waals surface area contributed by atoms with Crippen LogP contribution in [0.25, 0.3) is 16.1 Å². The predicted octanol–water partition coefficient (Wildman–Crippen LogP) is 5.19. The minimum absolute atomic E-state index is 0.0568. The van der Waals surface area contributed by atoms with E-state index in [1.165, 1.54) is 0 Å². The fourth-order valence-electron chi connectivity index (χ4n) is 3.47. The first-order valence-corrected chi connectivity index (χ1v) is 10.4. The summed E-state index contributed by atoms with van der Waals surface area (Å²) < 4.78 is 6.99. The molecular weight excluding hydrogens is 390 g/mol. The highest BCUT2D eigenvalue weighted by atomic mass is 16.5. The summed E-state index contributed by atoms with van der Waals surface area (Å²) in [5.41, 5.74) is 9.68. The third-order valence-corrected chi connectivity index (χ3v) is 4.84. The zero-order chi connectivity index (χ0) is 22.8. The summed E-state index contributed by atoms with van der Waals surface area (Å²) in [5, 5.41) is 8.59. The van der Waals surface area contributed by atoms with Crippen LogP contribution in [0.15, 0.2) is 34.9 Å². The molecule has 0 radical (unpaired) electrons. The average Bonchev–Trinajstić information content (AvgIpc) is 3.24. The standard InChI is InChI=1S/C24H29N5O2/c1-15(2)29-23(25)22(26-6)21(27-29)17-9-7-16(8-10-17)11-19(30)13-20-12-18(28-31-20)14-24(3,4)5/h7-10,12,15H,11,13-14,25H2,1-5H3. The minimum Gasteiger partial charge on any atom is -0.393 e. The minimum atomic E-state index is 0.0568. The van der Waals surface area contributed by atoms with Gasteiger partial charge in [0.1, 0.15) is 23.1 Å². The number of nitrogen functional groups attached to an aromatic ring is 1. The number of Topliss-reactive ketones (excluding diaryl/α,β-unsaturated/α-hetero) is 1. The molecule has 3 aromatic rings. The lowest BCUT2D eigenvalue weighted by Crippen LogP contribution is -2.09. The Kier molecular flexibility index (Phi) is 6.30. The Morgan fingerprint density at radius 1 is 1.23 bits per heavy atom. The highest BCUT2D eigenvalue weighted by Crippen LogP contribution is 2.36. The Balaban J connectivity index is 1.68. The van der Waals surface area contributed by atoms with Crippen LogP contribution < -0.4 is 5.73 Å². The maximum absolute atomic E-state index is 12.5. The summed E-state index contributed by atoms with van der Waals surface area (Å²) in [6.07, 6.45) is 1.32. The molecule has 31 heavy (non-hydrogen) atoms. The smallest absolute Gasteiger partial charge is 0.254 e.